The summed E-state index contributed by atoms with van der Waals surface area (Å²) < 4.78 is 4.94. The highest BCUT2D eigenvalue weighted by atomic mass is 16.5. The minimum Gasteiger partial charge on any atom is -0.456 e. The van der Waals surface area contributed by atoms with Crippen molar-refractivity contribution in [1.82, 2.24) is 15.2 Å². The van der Waals surface area contributed by atoms with Crippen LogP contribution in [0.4, 0.5) is 0 Å². The number of H-pyrrole nitrogens is 1. The zero-order valence-corrected chi connectivity index (χ0v) is 17.1. The first kappa shape index (κ1) is 21.3. The molecule has 2 amide bonds. The molecule has 0 unspecified atom stereocenters. The Hall–Kier alpha value is -3.42. The number of aromatic nitrogens is 1. The number of carbonyl (C=O) groups is 4. The molecule has 0 atom stereocenters. The number of amides is 2. The maximum atomic E-state index is 12.3. The third-order valence-electron chi connectivity index (χ3n) is 5.16. The summed E-state index contributed by atoms with van der Waals surface area (Å²) in [6, 6.07) is 6.73. The van der Waals surface area contributed by atoms with Gasteiger partial charge in [-0.3, -0.25) is 19.2 Å². The van der Waals surface area contributed by atoms with Crippen LogP contribution in [0.1, 0.15) is 55.2 Å². The van der Waals surface area contributed by atoms with Gasteiger partial charge in [-0.2, -0.15) is 0 Å². The minimum absolute atomic E-state index is 0.141. The normalized spacial score (nSPS) is 13.2. The minimum atomic E-state index is -0.718. The average Bonchev–Trinajstić information content (AvgIpc) is 3.44. The fraction of sp³-hybridized carbons (Fsp3) is 0.364. The summed E-state index contributed by atoms with van der Waals surface area (Å²) in [5.41, 5.74) is 3.10. The van der Waals surface area contributed by atoms with Crippen LogP contribution < -0.4 is 5.32 Å². The molecule has 30 heavy (non-hydrogen) atoms. The van der Waals surface area contributed by atoms with Gasteiger partial charge in [-0.15, -0.1) is 0 Å². The highest BCUT2D eigenvalue weighted by Gasteiger charge is 2.22. The van der Waals surface area contributed by atoms with E-state index in [2.05, 4.69) is 10.3 Å². The quantitative estimate of drug-likeness (QED) is 0.535. The van der Waals surface area contributed by atoms with Gasteiger partial charge in [0, 0.05) is 30.4 Å². The van der Waals surface area contributed by atoms with Gasteiger partial charge in [-0.05, 0) is 56.0 Å². The lowest BCUT2D eigenvalue weighted by atomic mass is 10.1. The van der Waals surface area contributed by atoms with Gasteiger partial charge in [0.2, 0.25) is 5.78 Å². The topological polar surface area (TPSA) is 109 Å². The highest BCUT2D eigenvalue weighted by Crippen LogP contribution is 2.14. The third-order valence-corrected chi connectivity index (χ3v) is 5.16. The number of hydrogen-bond donors (Lipinski definition) is 2. The van der Waals surface area contributed by atoms with E-state index in [4.69, 9.17) is 4.74 Å². The molecule has 8 nitrogen and oxygen atoms in total. The molecule has 2 aromatic rings. The van der Waals surface area contributed by atoms with Crippen LogP contribution in [0.5, 0.6) is 0 Å². The molecule has 2 N–H and O–H groups in total. The first-order chi connectivity index (χ1) is 14.3. The van der Waals surface area contributed by atoms with E-state index in [0.29, 0.717) is 24.3 Å². The summed E-state index contributed by atoms with van der Waals surface area (Å²) in [6.45, 7) is 4.47. The van der Waals surface area contributed by atoms with Crippen LogP contribution in [0.25, 0.3) is 0 Å². The Morgan fingerprint density at radius 3 is 2.47 bits per heavy atom. The molecule has 8 heteroatoms. The molecule has 158 valence electrons. The van der Waals surface area contributed by atoms with E-state index >= 15 is 0 Å². The van der Waals surface area contributed by atoms with Crippen LogP contribution in [0.15, 0.2) is 30.5 Å². The summed E-state index contributed by atoms with van der Waals surface area (Å²) in [5.74, 6) is -1.68. The van der Waals surface area contributed by atoms with Gasteiger partial charge in [-0.1, -0.05) is 6.07 Å². The largest absolute Gasteiger partial charge is 0.456 e. The summed E-state index contributed by atoms with van der Waals surface area (Å²) in [6.07, 6.45) is 3.39. The van der Waals surface area contributed by atoms with E-state index in [1.54, 1.807) is 17.0 Å². The van der Waals surface area contributed by atoms with Crippen molar-refractivity contribution in [3.63, 3.8) is 0 Å². The van der Waals surface area contributed by atoms with Crippen LogP contribution in [-0.4, -0.2) is 59.7 Å². The maximum Gasteiger partial charge on any atom is 0.325 e. The van der Waals surface area contributed by atoms with E-state index in [1.165, 1.54) is 12.3 Å². The highest BCUT2D eigenvalue weighted by molar-refractivity contribution is 6.01. The number of ether oxygens (including phenoxy) is 1. The van der Waals surface area contributed by atoms with Gasteiger partial charge >= 0.3 is 5.97 Å². The molecule has 3 rings (SSSR count). The Kier molecular flexibility index (Phi) is 6.66. The van der Waals surface area contributed by atoms with Crippen molar-refractivity contribution in [1.29, 1.82) is 0 Å². The number of benzene rings is 1. The molecule has 0 aliphatic carbocycles. The number of aromatic amines is 1. The number of likely N-dealkylation sites (tertiary alicyclic amines) is 1. The number of nitrogens with zero attached hydrogens (tertiary/aromatic N) is 1. The van der Waals surface area contributed by atoms with E-state index in [1.807, 2.05) is 19.9 Å². The van der Waals surface area contributed by atoms with Crippen LogP contribution in [0.2, 0.25) is 0 Å². The average molecular weight is 411 g/mol. The number of esters is 1. The monoisotopic (exact) mass is 411 g/mol. The Morgan fingerprint density at radius 1 is 1.03 bits per heavy atom. The lowest BCUT2D eigenvalue weighted by molar-refractivity contribution is -0.141. The smallest absolute Gasteiger partial charge is 0.325 e. The summed E-state index contributed by atoms with van der Waals surface area (Å²) in [5, 5.41) is 2.48. The van der Waals surface area contributed by atoms with E-state index < -0.39 is 24.3 Å². The first-order valence-electron chi connectivity index (χ1n) is 9.87. The lowest BCUT2D eigenvalue weighted by Crippen LogP contribution is -2.31. The number of carbonyl (C=O) groups excluding carboxylic acids is 4. The molecule has 0 saturated carbocycles. The number of nitrogens with one attached hydrogen (secondary N) is 2. The van der Waals surface area contributed by atoms with Crippen LogP contribution >= 0.6 is 0 Å². The van der Waals surface area contributed by atoms with Crippen LogP contribution in [0, 0.1) is 13.8 Å². The molecule has 1 aromatic carbocycles. The molecule has 0 bridgehead atoms. The fourth-order valence-electron chi connectivity index (χ4n) is 3.19. The Balaban J connectivity index is 1.45. The van der Waals surface area contributed by atoms with Crippen molar-refractivity contribution < 1.29 is 23.9 Å². The van der Waals surface area contributed by atoms with Crippen LogP contribution in [0.3, 0.4) is 0 Å². The second-order valence-corrected chi connectivity index (χ2v) is 7.37. The Bertz CT molecular complexity index is 973. The van der Waals surface area contributed by atoms with Crippen molar-refractivity contribution in [3.8, 4) is 0 Å². The molecule has 1 saturated heterocycles. The predicted octanol–water partition coefficient (Wildman–Crippen LogP) is 2.02. The second kappa shape index (κ2) is 9.39. The summed E-state index contributed by atoms with van der Waals surface area (Å²) in [7, 11) is 0. The van der Waals surface area contributed by atoms with Crippen molar-refractivity contribution in [2.45, 2.75) is 26.7 Å². The number of ketones is 1. The first-order valence-corrected chi connectivity index (χ1v) is 9.87. The van der Waals surface area contributed by atoms with Gasteiger partial charge in [0.25, 0.3) is 11.8 Å². The van der Waals surface area contributed by atoms with Gasteiger partial charge in [0.15, 0.2) is 6.61 Å². The van der Waals surface area contributed by atoms with Crippen molar-refractivity contribution in [2.75, 3.05) is 26.2 Å². The van der Waals surface area contributed by atoms with Crippen molar-refractivity contribution in [3.05, 3.63) is 58.4 Å². The molecule has 1 aliphatic heterocycles. The number of aryl methyl sites for hydroxylation is 2. The fourth-order valence-corrected chi connectivity index (χ4v) is 3.19. The molecule has 1 fully saturated rings. The molecule has 2 heterocycles. The predicted molar refractivity (Wildman–Crippen MR) is 109 cm³/mol. The van der Waals surface area contributed by atoms with E-state index in [-0.39, 0.29) is 18.0 Å². The zero-order chi connectivity index (χ0) is 21.7. The molecule has 0 radical (unpaired) electrons. The summed E-state index contributed by atoms with van der Waals surface area (Å²) >= 11 is 0. The van der Waals surface area contributed by atoms with Gasteiger partial charge in [0.05, 0.1) is 0 Å². The Morgan fingerprint density at radius 2 is 1.77 bits per heavy atom. The molecular formula is C22H25N3O5. The SMILES string of the molecule is Cc1ccc(C(=O)NCC(=O)OCC(=O)c2c[nH]c(C(=O)N3CCCC3)c2)cc1C. The number of hydrogen-bond acceptors (Lipinski definition) is 5. The molecule has 1 aromatic heterocycles. The summed E-state index contributed by atoms with van der Waals surface area (Å²) in [4.78, 5) is 53.1. The third kappa shape index (κ3) is 5.14. The molecule has 0 spiro atoms. The van der Waals surface area contributed by atoms with E-state index in [9.17, 15) is 19.2 Å². The van der Waals surface area contributed by atoms with Gasteiger partial charge < -0.3 is 19.9 Å². The van der Waals surface area contributed by atoms with E-state index in [0.717, 1.165) is 24.0 Å². The lowest BCUT2D eigenvalue weighted by Gasteiger charge is -2.13. The van der Waals surface area contributed by atoms with Crippen LogP contribution in [-0.2, 0) is 9.53 Å². The molecular weight excluding hydrogens is 386 g/mol. The number of Topliss-reactive ketones (excluding diaryl/α,β-unsaturated/α-hetero) is 1. The second-order valence-electron chi connectivity index (χ2n) is 7.37. The Labute approximate surface area is 174 Å². The van der Waals surface area contributed by atoms with Crippen molar-refractivity contribution in [2.24, 2.45) is 0 Å². The van der Waals surface area contributed by atoms with Gasteiger partial charge in [-0.25, -0.2) is 0 Å². The molecule has 1 aliphatic rings. The van der Waals surface area contributed by atoms with Crippen molar-refractivity contribution >= 4 is 23.6 Å². The standard InChI is InChI=1S/C22H25N3O5/c1-14-5-6-16(9-15(14)2)21(28)24-12-20(27)30-13-19(26)17-10-18(23-11-17)22(29)25-7-3-4-8-25/h5-6,9-11,23H,3-4,7-8,12-13H2,1-2H3,(H,24,28). The maximum absolute atomic E-state index is 12.3. The van der Waals surface area contributed by atoms with Gasteiger partial charge in [0.1, 0.15) is 12.2 Å². The number of rotatable bonds is 7. The zero-order valence-electron chi connectivity index (χ0n) is 17.1.